The molecule has 5 rings (SSSR count). The molecule has 1 aliphatic carbocycles. The van der Waals surface area contributed by atoms with E-state index in [1.165, 1.54) is 0 Å². The van der Waals surface area contributed by atoms with Gasteiger partial charge in [0.15, 0.2) is 5.65 Å². The molecule has 1 saturated carbocycles. The number of hydrogen-bond donors (Lipinski definition) is 2. The summed E-state index contributed by atoms with van der Waals surface area (Å²) >= 11 is 0. The van der Waals surface area contributed by atoms with Crippen LogP contribution in [0.1, 0.15) is 44.7 Å². The van der Waals surface area contributed by atoms with Crippen LogP contribution < -0.4 is 5.73 Å². The Labute approximate surface area is 174 Å². The van der Waals surface area contributed by atoms with Crippen LogP contribution in [0.5, 0.6) is 0 Å². The number of aromatic nitrogens is 5. The summed E-state index contributed by atoms with van der Waals surface area (Å²) in [6.07, 6.45) is 7.02. The topological polar surface area (TPSA) is 84.9 Å². The van der Waals surface area contributed by atoms with Gasteiger partial charge in [0.25, 0.3) is 0 Å². The van der Waals surface area contributed by atoms with E-state index in [1.54, 1.807) is 18.6 Å². The minimum atomic E-state index is -0.154. The molecule has 4 aromatic rings. The van der Waals surface area contributed by atoms with Crippen LogP contribution in [0.3, 0.4) is 0 Å². The standard InChI is InChI=1S/C23H27FN6/c1-10-11(2)13(4)19(12(10)3)21-22(24)14(5)20(15-6-27-29-23(15)21)16-8-30-9-17(25)28-18(30)7-26-16/h6-13,19H,25H2,1-5H3,(H,27,29)/t10?,11?,12-,13-,19?/m0/s1. The number of hydrogen-bond acceptors (Lipinski definition) is 4. The molecule has 3 aromatic heterocycles. The summed E-state index contributed by atoms with van der Waals surface area (Å²) in [7, 11) is 0. The average Bonchev–Trinajstić information content (AvgIpc) is 3.38. The molecule has 4 atom stereocenters. The van der Waals surface area contributed by atoms with Crippen LogP contribution in [0.15, 0.2) is 24.8 Å². The van der Waals surface area contributed by atoms with Gasteiger partial charge in [-0.2, -0.15) is 5.10 Å². The van der Waals surface area contributed by atoms with E-state index < -0.39 is 0 Å². The van der Waals surface area contributed by atoms with Crippen molar-refractivity contribution >= 4 is 22.4 Å². The molecule has 2 unspecified atom stereocenters. The van der Waals surface area contributed by atoms with E-state index in [0.29, 0.717) is 46.4 Å². The number of nitrogens with two attached hydrogens (primary N) is 1. The Morgan fingerprint density at radius 2 is 1.73 bits per heavy atom. The van der Waals surface area contributed by atoms with Crippen LogP contribution in [-0.4, -0.2) is 24.6 Å². The molecular weight excluding hydrogens is 379 g/mol. The zero-order valence-electron chi connectivity index (χ0n) is 17.9. The monoisotopic (exact) mass is 406 g/mol. The maximum atomic E-state index is 16.0. The predicted molar refractivity (Wildman–Crippen MR) is 117 cm³/mol. The van der Waals surface area contributed by atoms with Crippen LogP contribution in [0.4, 0.5) is 10.2 Å². The van der Waals surface area contributed by atoms with Crippen molar-refractivity contribution < 1.29 is 4.39 Å². The number of H-pyrrole nitrogens is 1. The van der Waals surface area contributed by atoms with E-state index in [0.717, 1.165) is 22.0 Å². The lowest BCUT2D eigenvalue weighted by atomic mass is 9.80. The smallest absolute Gasteiger partial charge is 0.157 e. The van der Waals surface area contributed by atoms with Gasteiger partial charge in [-0.25, -0.2) is 9.37 Å². The summed E-state index contributed by atoms with van der Waals surface area (Å²) in [6.45, 7) is 10.9. The number of imidazole rings is 1. The van der Waals surface area contributed by atoms with Crippen LogP contribution in [0.2, 0.25) is 0 Å². The second kappa shape index (κ2) is 6.52. The highest BCUT2D eigenvalue weighted by molar-refractivity contribution is 5.97. The van der Waals surface area contributed by atoms with E-state index in [2.05, 4.69) is 47.9 Å². The first kappa shape index (κ1) is 19.0. The molecule has 1 fully saturated rings. The molecule has 3 N–H and O–H groups in total. The van der Waals surface area contributed by atoms with Gasteiger partial charge in [-0.1, -0.05) is 27.7 Å². The number of rotatable bonds is 2. The lowest BCUT2D eigenvalue weighted by Crippen LogP contribution is -2.15. The van der Waals surface area contributed by atoms with Gasteiger partial charge >= 0.3 is 0 Å². The van der Waals surface area contributed by atoms with Gasteiger partial charge in [0.2, 0.25) is 0 Å². The summed E-state index contributed by atoms with van der Waals surface area (Å²) in [5.74, 6) is 2.28. The molecule has 0 amide bonds. The molecule has 30 heavy (non-hydrogen) atoms. The van der Waals surface area contributed by atoms with E-state index in [-0.39, 0.29) is 11.7 Å². The number of benzene rings is 1. The van der Waals surface area contributed by atoms with Gasteiger partial charge in [0, 0.05) is 22.7 Å². The van der Waals surface area contributed by atoms with Crippen molar-refractivity contribution in [2.75, 3.05) is 5.73 Å². The fraction of sp³-hybridized carbons (Fsp3) is 0.435. The first-order valence-corrected chi connectivity index (χ1v) is 10.5. The molecule has 0 radical (unpaired) electrons. The third-order valence-electron chi connectivity index (χ3n) is 7.69. The molecule has 0 saturated heterocycles. The van der Waals surface area contributed by atoms with E-state index >= 15 is 4.39 Å². The highest BCUT2D eigenvalue weighted by atomic mass is 19.1. The molecule has 6 nitrogen and oxygen atoms in total. The normalized spacial score (nSPS) is 26.8. The number of fused-ring (bicyclic) bond motifs is 2. The molecule has 0 spiro atoms. The van der Waals surface area contributed by atoms with Crippen molar-refractivity contribution in [3.63, 3.8) is 0 Å². The predicted octanol–water partition coefficient (Wildman–Crippen LogP) is 4.94. The quantitative estimate of drug-likeness (QED) is 0.494. The van der Waals surface area contributed by atoms with Gasteiger partial charge < -0.3 is 10.1 Å². The number of aromatic amines is 1. The lowest BCUT2D eigenvalue weighted by molar-refractivity contribution is 0.352. The van der Waals surface area contributed by atoms with Crippen molar-refractivity contribution in [2.24, 2.45) is 23.7 Å². The molecule has 3 heterocycles. The van der Waals surface area contributed by atoms with Gasteiger partial charge in [-0.05, 0) is 42.1 Å². The highest BCUT2D eigenvalue weighted by Crippen LogP contribution is 2.53. The number of anilines is 1. The summed E-state index contributed by atoms with van der Waals surface area (Å²) in [6, 6.07) is 0. The zero-order valence-corrected chi connectivity index (χ0v) is 17.9. The Morgan fingerprint density at radius 3 is 2.43 bits per heavy atom. The molecule has 0 bridgehead atoms. The number of nitrogens with one attached hydrogen (secondary N) is 1. The Kier molecular flexibility index (Phi) is 4.14. The summed E-state index contributed by atoms with van der Waals surface area (Å²) in [5.41, 5.74) is 10.1. The average molecular weight is 407 g/mol. The summed E-state index contributed by atoms with van der Waals surface area (Å²) in [5, 5.41) is 8.29. The summed E-state index contributed by atoms with van der Waals surface area (Å²) in [4.78, 5) is 8.78. The zero-order chi connectivity index (χ0) is 21.3. The second-order valence-corrected chi connectivity index (χ2v) is 9.05. The molecule has 1 aliphatic rings. The van der Waals surface area contributed by atoms with Gasteiger partial charge in [0.1, 0.15) is 11.6 Å². The van der Waals surface area contributed by atoms with Crippen LogP contribution in [0, 0.1) is 36.4 Å². The maximum absolute atomic E-state index is 16.0. The largest absolute Gasteiger partial charge is 0.382 e. The maximum Gasteiger partial charge on any atom is 0.157 e. The highest BCUT2D eigenvalue weighted by Gasteiger charge is 2.44. The van der Waals surface area contributed by atoms with Gasteiger partial charge in [-0.15, -0.1) is 0 Å². The minimum absolute atomic E-state index is 0.148. The third-order valence-corrected chi connectivity index (χ3v) is 7.69. The first-order valence-electron chi connectivity index (χ1n) is 10.5. The molecule has 156 valence electrons. The third kappa shape index (κ3) is 2.50. The number of halogens is 1. The van der Waals surface area contributed by atoms with Gasteiger partial charge in [0.05, 0.1) is 29.8 Å². The summed E-state index contributed by atoms with van der Waals surface area (Å²) < 4.78 is 17.8. The van der Waals surface area contributed by atoms with E-state index in [9.17, 15) is 0 Å². The fourth-order valence-corrected chi connectivity index (χ4v) is 5.61. The number of nitrogen functional groups attached to an aromatic ring is 1. The van der Waals surface area contributed by atoms with E-state index in [4.69, 9.17) is 5.73 Å². The van der Waals surface area contributed by atoms with Crippen LogP contribution in [-0.2, 0) is 0 Å². The lowest BCUT2D eigenvalue weighted by Gasteiger charge is -2.25. The van der Waals surface area contributed by atoms with Gasteiger partial charge in [-0.3, -0.25) is 10.1 Å². The van der Waals surface area contributed by atoms with Crippen molar-refractivity contribution in [1.82, 2.24) is 24.6 Å². The molecule has 7 heteroatoms. The van der Waals surface area contributed by atoms with Crippen molar-refractivity contribution in [2.45, 2.75) is 40.5 Å². The second-order valence-electron chi connectivity index (χ2n) is 9.05. The van der Waals surface area contributed by atoms with Crippen LogP contribution >= 0.6 is 0 Å². The number of nitrogens with zero attached hydrogens (tertiary/aromatic N) is 4. The first-order chi connectivity index (χ1) is 14.3. The Hall–Kier alpha value is -2.96. The molecule has 0 aliphatic heterocycles. The van der Waals surface area contributed by atoms with Crippen molar-refractivity contribution in [3.05, 3.63) is 41.7 Å². The fourth-order valence-electron chi connectivity index (χ4n) is 5.61. The van der Waals surface area contributed by atoms with E-state index in [1.807, 2.05) is 17.5 Å². The molecular formula is C23H27FN6. The van der Waals surface area contributed by atoms with Crippen molar-refractivity contribution in [3.8, 4) is 11.3 Å². The SMILES string of the molecule is Cc1c(F)c(C2[C@@H](C)C(C)C(C)[C@@H]2C)c2[nH]ncc2c1-c1cn2cc(N)nc2cn1. The van der Waals surface area contributed by atoms with Crippen LogP contribution in [0.25, 0.3) is 27.8 Å². The van der Waals surface area contributed by atoms with Crippen molar-refractivity contribution in [1.29, 1.82) is 0 Å². The Morgan fingerprint density at radius 1 is 1.03 bits per heavy atom. The Balaban J connectivity index is 1.76. The molecule has 1 aromatic carbocycles. The Bertz CT molecular complexity index is 1260. The minimum Gasteiger partial charge on any atom is -0.382 e.